The van der Waals surface area contributed by atoms with E-state index >= 15 is 0 Å². The topological polar surface area (TPSA) is 54.0 Å². The van der Waals surface area contributed by atoms with E-state index in [0.29, 0.717) is 22.5 Å². The van der Waals surface area contributed by atoms with Crippen molar-refractivity contribution in [3.8, 4) is 0 Å². The second kappa shape index (κ2) is 9.04. The highest BCUT2D eigenvalue weighted by Crippen LogP contribution is 2.35. The summed E-state index contributed by atoms with van der Waals surface area (Å²) in [5.41, 5.74) is 0.696. The van der Waals surface area contributed by atoms with E-state index in [9.17, 15) is 18.0 Å². The first-order valence-corrected chi connectivity index (χ1v) is 11.3. The molecule has 31 heavy (non-hydrogen) atoms. The van der Waals surface area contributed by atoms with Crippen LogP contribution in [0.15, 0.2) is 41.1 Å². The number of anilines is 1. The Morgan fingerprint density at radius 1 is 1.13 bits per heavy atom. The van der Waals surface area contributed by atoms with Crippen LogP contribution >= 0.6 is 22.9 Å². The van der Waals surface area contributed by atoms with E-state index < -0.39 is 11.9 Å². The summed E-state index contributed by atoms with van der Waals surface area (Å²) in [5.74, 6) is -0.000558. The first-order chi connectivity index (χ1) is 14.8. The van der Waals surface area contributed by atoms with Gasteiger partial charge in [0.2, 0.25) is 5.91 Å². The highest BCUT2D eigenvalue weighted by atomic mass is 35.5. The lowest BCUT2D eigenvalue weighted by molar-refractivity contribution is -0.140. The Morgan fingerprint density at radius 2 is 1.87 bits per heavy atom. The molecule has 1 aliphatic carbocycles. The molecule has 0 atom stereocenters. The molecule has 1 amide bonds. The number of carbonyl (C=O) groups excluding carboxylic acids is 1. The van der Waals surface area contributed by atoms with Crippen LogP contribution in [0, 0.1) is 0 Å². The largest absolute Gasteiger partial charge is 0.433 e. The smallest absolute Gasteiger partial charge is 0.382 e. The number of benzene rings is 1. The molecule has 1 saturated carbocycles. The number of alkyl halides is 3. The molecule has 0 spiro atoms. The second-order valence-electron chi connectivity index (χ2n) is 7.78. The summed E-state index contributed by atoms with van der Waals surface area (Å²) in [7, 11) is 0. The molecular formula is C22H21ClF3N3OS. The Morgan fingerprint density at radius 3 is 2.55 bits per heavy atom. The van der Waals surface area contributed by atoms with Crippen molar-refractivity contribution >= 4 is 45.4 Å². The van der Waals surface area contributed by atoms with Gasteiger partial charge in [0.15, 0.2) is 0 Å². The van der Waals surface area contributed by atoms with Gasteiger partial charge < -0.3 is 10.6 Å². The third-order valence-corrected chi connectivity index (χ3v) is 6.43. The summed E-state index contributed by atoms with van der Waals surface area (Å²) < 4.78 is 39.9. The Kier molecular flexibility index (Phi) is 6.39. The summed E-state index contributed by atoms with van der Waals surface area (Å²) >= 11 is 7.63. The maximum absolute atomic E-state index is 13.3. The molecule has 164 valence electrons. The highest BCUT2D eigenvalue weighted by molar-refractivity contribution is 7.08. The number of amides is 1. The van der Waals surface area contributed by atoms with E-state index in [1.165, 1.54) is 12.1 Å². The molecule has 3 aromatic rings. The van der Waals surface area contributed by atoms with E-state index in [4.69, 9.17) is 11.6 Å². The number of fused-ring (bicyclic) bond motifs is 1. The summed E-state index contributed by atoms with van der Waals surface area (Å²) in [6, 6.07) is 7.74. The number of rotatable bonds is 5. The van der Waals surface area contributed by atoms with Crippen molar-refractivity contribution in [2.75, 3.05) is 5.32 Å². The zero-order valence-electron chi connectivity index (χ0n) is 16.5. The Balaban J connectivity index is 1.42. The maximum atomic E-state index is 13.3. The molecule has 1 fully saturated rings. The van der Waals surface area contributed by atoms with Gasteiger partial charge in [-0.1, -0.05) is 11.6 Å². The van der Waals surface area contributed by atoms with E-state index in [0.717, 1.165) is 37.3 Å². The van der Waals surface area contributed by atoms with Crippen LogP contribution in [0.25, 0.3) is 10.9 Å². The van der Waals surface area contributed by atoms with E-state index in [-0.39, 0.29) is 23.5 Å². The van der Waals surface area contributed by atoms with Crippen molar-refractivity contribution in [1.29, 1.82) is 0 Å². The van der Waals surface area contributed by atoms with Crippen LogP contribution < -0.4 is 10.6 Å². The SMILES string of the molecule is O=C(Cc1ccsc1)NC1CCC(Nc2cc(C(F)(F)F)nc3ccc(Cl)cc23)CC1. The normalized spacial score (nSPS) is 19.4. The molecule has 0 radical (unpaired) electrons. The van der Waals surface area contributed by atoms with Crippen molar-refractivity contribution in [2.24, 2.45) is 0 Å². The number of pyridine rings is 1. The van der Waals surface area contributed by atoms with Crippen molar-refractivity contribution in [2.45, 2.75) is 50.4 Å². The molecule has 9 heteroatoms. The minimum atomic E-state index is -4.53. The fraction of sp³-hybridized carbons (Fsp3) is 0.364. The van der Waals surface area contributed by atoms with Crippen LogP contribution in [0.3, 0.4) is 0 Å². The number of carbonyl (C=O) groups is 1. The van der Waals surface area contributed by atoms with Gasteiger partial charge in [-0.05, 0) is 72.3 Å². The molecule has 0 unspecified atom stereocenters. The minimum absolute atomic E-state index is 0.000558. The monoisotopic (exact) mass is 467 g/mol. The number of aromatic nitrogens is 1. The van der Waals surface area contributed by atoms with E-state index in [1.807, 2.05) is 16.8 Å². The number of nitrogens with zero attached hydrogens (tertiary/aromatic N) is 1. The molecule has 0 saturated heterocycles. The fourth-order valence-corrected chi connectivity index (χ4v) is 4.76. The summed E-state index contributed by atoms with van der Waals surface area (Å²) in [4.78, 5) is 16.0. The quantitative estimate of drug-likeness (QED) is 0.480. The van der Waals surface area contributed by atoms with Gasteiger partial charge in [0.1, 0.15) is 5.69 Å². The summed E-state index contributed by atoms with van der Waals surface area (Å²) in [5, 5.41) is 11.2. The molecule has 0 bridgehead atoms. The Labute approximate surface area is 186 Å². The van der Waals surface area contributed by atoms with Crippen LogP contribution in [0.4, 0.5) is 18.9 Å². The predicted octanol–water partition coefficient (Wildman–Crippen LogP) is 6.05. The summed E-state index contributed by atoms with van der Waals surface area (Å²) in [6.45, 7) is 0. The first kappa shape index (κ1) is 21.9. The molecule has 4 nitrogen and oxygen atoms in total. The lowest BCUT2D eigenvalue weighted by atomic mass is 9.90. The lowest BCUT2D eigenvalue weighted by Gasteiger charge is -2.30. The van der Waals surface area contributed by atoms with Gasteiger partial charge >= 0.3 is 6.18 Å². The number of thiophene rings is 1. The zero-order valence-corrected chi connectivity index (χ0v) is 18.1. The number of hydrogen-bond acceptors (Lipinski definition) is 4. The van der Waals surface area contributed by atoms with Gasteiger partial charge in [-0.2, -0.15) is 24.5 Å². The first-order valence-electron chi connectivity index (χ1n) is 10.0. The molecule has 1 aromatic carbocycles. The molecule has 2 heterocycles. The van der Waals surface area contributed by atoms with Crippen molar-refractivity contribution in [3.63, 3.8) is 0 Å². The van der Waals surface area contributed by atoms with Gasteiger partial charge in [-0.25, -0.2) is 4.98 Å². The third kappa shape index (κ3) is 5.49. The van der Waals surface area contributed by atoms with E-state index in [2.05, 4.69) is 15.6 Å². The van der Waals surface area contributed by atoms with Gasteiger partial charge in [0.25, 0.3) is 0 Å². The Hall–Kier alpha value is -2.32. The van der Waals surface area contributed by atoms with Crippen molar-refractivity contribution in [1.82, 2.24) is 10.3 Å². The minimum Gasteiger partial charge on any atom is -0.382 e. The molecular weight excluding hydrogens is 447 g/mol. The van der Waals surface area contributed by atoms with Crippen molar-refractivity contribution < 1.29 is 18.0 Å². The number of hydrogen-bond donors (Lipinski definition) is 2. The number of nitrogens with one attached hydrogen (secondary N) is 2. The third-order valence-electron chi connectivity index (χ3n) is 5.46. The molecule has 2 aromatic heterocycles. The molecule has 1 aliphatic rings. The highest BCUT2D eigenvalue weighted by Gasteiger charge is 2.34. The predicted molar refractivity (Wildman–Crippen MR) is 118 cm³/mol. The second-order valence-corrected chi connectivity index (χ2v) is 9.00. The molecule has 0 aliphatic heterocycles. The van der Waals surface area contributed by atoms with Crippen LogP contribution in [0.5, 0.6) is 0 Å². The maximum Gasteiger partial charge on any atom is 0.433 e. The average Bonchev–Trinajstić information content (AvgIpc) is 3.21. The number of halogens is 4. The molecule has 2 N–H and O–H groups in total. The van der Waals surface area contributed by atoms with Crippen molar-refractivity contribution in [3.05, 3.63) is 57.4 Å². The van der Waals surface area contributed by atoms with Gasteiger partial charge in [0.05, 0.1) is 11.9 Å². The van der Waals surface area contributed by atoms with E-state index in [1.54, 1.807) is 17.4 Å². The van der Waals surface area contributed by atoms with Crippen LogP contribution in [-0.4, -0.2) is 23.0 Å². The standard InChI is InChI=1S/C22H21ClF3N3OS/c23-14-1-6-18-17(10-14)19(11-20(29-18)22(24,25)26)27-15-2-4-16(5-3-15)28-21(30)9-13-7-8-31-12-13/h1,6-8,10-12,15-16H,2-5,9H2,(H,27,29)(H,28,30). The summed E-state index contributed by atoms with van der Waals surface area (Å²) in [6.07, 6.45) is -1.14. The lowest BCUT2D eigenvalue weighted by Crippen LogP contribution is -2.40. The zero-order chi connectivity index (χ0) is 22.0. The van der Waals surface area contributed by atoms with Crippen LogP contribution in [0.2, 0.25) is 5.02 Å². The Bertz CT molecular complexity index is 1060. The fourth-order valence-electron chi connectivity index (χ4n) is 3.92. The van der Waals surface area contributed by atoms with Crippen LogP contribution in [0.1, 0.15) is 36.9 Å². The van der Waals surface area contributed by atoms with Crippen LogP contribution in [-0.2, 0) is 17.4 Å². The average molecular weight is 468 g/mol. The van der Waals surface area contributed by atoms with Gasteiger partial charge in [0, 0.05) is 28.2 Å². The van der Waals surface area contributed by atoms with Gasteiger partial charge in [-0.3, -0.25) is 4.79 Å². The molecule has 4 rings (SSSR count). The van der Waals surface area contributed by atoms with Gasteiger partial charge in [-0.15, -0.1) is 0 Å².